The molecule has 0 spiro atoms. The lowest BCUT2D eigenvalue weighted by Crippen LogP contribution is -2.45. The molecule has 1 aliphatic heterocycles. The van der Waals surface area contributed by atoms with Crippen molar-refractivity contribution in [2.24, 2.45) is 0 Å². The molecule has 40 heavy (non-hydrogen) atoms. The lowest BCUT2D eigenvalue weighted by Gasteiger charge is -2.33. The summed E-state index contributed by atoms with van der Waals surface area (Å²) in [6, 6.07) is 11.5. The van der Waals surface area contributed by atoms with Crippen LogP contribution in [0.1, 0.15) is 58.3 Å². The first-order chi connectivity index (χ1) is 19.1. The fourth-order valence-electron chi connectivity index (χ4n) is 5.29. The van der Waals surface area contributed by atoms with Gasteiger partial charge in [0.15, 0.2) is 0 Å². The molecule has 1 N–H and O–H groups in total. The third-order valence-electron chi connectivity index (χ3n) is 7.52. The van der Waals surface area contributed by atoms with Gasteiger partial charge in [-0.1, -0.05) is 48.0 Å². The third kappa shape index (κ3) is 5.22. The molecule has 0 bridgehead atoms. The summed E-state index contributed by atoms with van der Waals surface area (Å²) in [5.74, 6) is 0.0442. The van der Waals surface area contributed by atoms with Crippen LogP contribution in [0.2, 0.25) is 5.02 Å². The Hall–Kier alpha value is -3.36. The van der Waals surface area contributed by atoms with Gasteiger partial charge in [0.25, 0.3) is 5.91 Å². The molecule has 2 unspecified atom stereocenters. The van der Waals surface area contributed by atoms with E-state index < -0.39 is 10.8 Å². The summed E-state index contributed by atoms with van der Waals surface area (Å²) in [5.41, 5.74) is 3.44. The van der Waals surface area contributed by atoms with Crippen LogP contribution in [0.25, 0.3) is 0 Å². The van der Waals surface area contributed by atoms with Crippen molar-refractivity contribution < 1.29 is 14.0 Å². The smallest absolute Gasteiger partial charge is 0.251 e. The largest absolute Gasteiger partial charge is 0.350 e. The number of rotatable bonds is 6. The molecule has 5 rings (SSSR count). The Bertz CT molecular complexity index is 1520. The van der Waals surface area contributed by atoms with Crippen molar-refractivity contribution in [3.8, 4) is 0 Å². The fourth-order valence-corrected chi connectivity index (χ4v) is 6.88. The zero-order valence-corrected chi connectivity index (χ0v) is 24.5. The molecule has 6 nitrogen and oxygen atoms in total. The number of anilines is 1. The summed E-state index contributed by atoms with van der Waals surface area (Å²) in [6.45, 7) is 8.42. The van der Waals surface area contributed by atoms with Crippen LogP contribution in [0.3, 0.4) is 0 Å². The summed E-state index contributed by atoms with van der Waals surface area (Å²) in [7, 11) is 0. The SMILES string of the molecule is CCN1C(=O)C(CNC(=O)c2ccc(Cl)c(C)c2)S[C@@H](c2ccc(F)cc2)c2c(C)nn(C3(C)C=CC=CC3)c21. The fraction of sp³-hybridized carbons (Fsp3) is 0.323. The molecule has 2 heterocycles. The van der Waals surface area contributed by atoms with E-state index in [1.54, 1.807) is 35.2 Å². The Morgan fingerprint density at radius 2 is 1.95 bits per heavy atom. The van der Waals surface area contributed by atoms with Gasteiger partial charge in [-0.05, 0) is 75.6 Å². The quantitative estimate of drug-likeness (QED) is 0.362. The minimum absolute atomic E-state index is 0.106. The maximum atomic E-state index is 14.2. The van der Waals surface area contributed by atoms with E-state index in [0.717, 1.165) is 34.6 Å². The highest BCUT2D eigenvalue weighted by Crippen LogP contribution is 2.49. The molecule has 3 aromatic rings. The van der Waals surface area contributed by atoms with Crippen LogP contribution < -0.4 is 10.2 Å². The van der Waals surface area contributed by atoms with Gasteiger partial charge in [-0.3, -0.25) is 14.5 Å². The number of aryl methyl sites for hydroxylation is 2. The van der Waals surface area contributed by atoms with Crippen molar-refractivity contribution in [2.75, 3.05) is 18.0 Å². The number of nitrogens with zero attached hydrogens (tertiary/aromatic N) is 3. The van der Waals surface area contributed by atoms with Gasteiger partial charge >= 0.3 is 0 Å². The van der Waals surface area contributed by atoms with Crippen LogP contribution in [0.4, 0.5) is 10.2 Å². The number of halogens is 2. The first-order valence-corrected chi connectivity index (χ1v) is 14.7. The predicted molar refractivity (Wildman–Crippen MR) is 160 cm³/mol. The number of hydrogen-bond acceptors (Lipinski definition) is 4. The zero-order valence-electron chi connectivity index (χ0n) is 22.9. The van der Waals surface area contributed by atoms with E-state index in [-0.39, 0.29) is 29.4 Å². The lowest BCUT2D eigenvalue weighted by molar-refractivity contribution is -0.118. The van der Waals surface area contributed by atoms with Crippen molar-refractivity contribution in [1.29, 1.82) is 0 Å². The minimum Gasteiger partial charge on any atom is -0.350 e. The standard InChI is InChI=1S/C31H32ClFN4O2S/c1-5-36-29-26(20(3)35-37(29)31(4)15-7-6-8-16-31)27(21-9-12-23(33)13-10-21)40-25(30(36)39)18-34-28(38)22-11-14-24(32)19(2)17-22/h6-15,17,25,27H,5,16,18H2,1-4H3,(H,34,38)/t25?,27-,31?/m0/s1. The van der Waals surface area contributed by atoms with E-state index in [1.165, 1.54) is 23.9 Å². The van der Waals surface area contributed by atoms with Crippen LogP contribution in [0, 0.1) is 19.7 Å². The summed E-state index contributed by atoms with van der Waals surface area (Å²) in [5, 5.41) is 7.66. The molecular formula is C31H32ClFN4O2S. The van der Waals surface area contributed by atoms with Gasteiger partial charge in [-0.25, -0.2) is 9.07 Å². The number of allylic oxidation sites excluding steroid dienone is 4. The van der Waals surface area contributed by atoms with Crippen LogP contribution in [-0.2, 0) is 10.3 Å². The van der Waals surface area contributed by atoms with E-state index in [1.807, 2.05) is 37.6 Å². The van der Waals surface area contributed by atoms with E-state index in [0.29, 0.717) is 17.1 Å². The van der Waals surface area contributed by atoms with Crippen molar-refractivity contribution in [2.45, 2.75) is 50.2 Å². The zero-order chi connectivity index (χ0) is 28.6. The van der Waals surface area contributed by atoms with Gasteiger partial charge in [0.2, 0.25) is 5.91 Å². The number of nitrogens with one attached hydrogen (secondary N) is 1. The third-order valence-corrected chi connectivity index (χ3v) is 9.42. The Balaban J connectivity index is 1.56. The topological polar surface area (TPSA) is 67.2 Å². The van der Waals surface area contributed by atoms with Crippen LogP contribution in [0.5, 0.6) is 0 Å². The van der Waals surface area contributed by atoms with Gasteiger partial charge in [0.1, 0.15) is 16.9 Å². The van der Waals surface area contributed by atoms with Gasteiger partial charge in [-0.15, -0.1) is 11.8 Å². The first kappa shape index (κ1) is 28.2. The molecule has 0 saturated heterocycles. The Morgan fingerprint density at radius 1 is 1.20 bits per heavy atom. The van der Waals surface area contributed by atoms with E-state index >= 15 is 0 Å². The second-order valence-corrected chi connectivity index (χ2v) is 12.1. The molecule has 1 aliphatic carbocycles. The lowest BCUT2D eigenvalue weighted by atomic mass is 9.93. The predicted octanol–water partition coefficient (Wildman–Crippen LogP) is 6.51. The van der Waals surface area contributed by atoms with E-state index in [9.17, 15) is 14.0 Å². The van der Waals surface area contributed by atoms with Crippen LogP contribution in [-0.4, -0.2) is 39.9 Å². The molecule has 3 atom stereocenters. The van der Waals surface area contributed by atoms with Gasteiger partial charge in [0.05, 0.1) is 16.5 Å². The molecule has 2 aromatic carbocycles. The van der Waals surface area contributed by atoms with Crippen molar-refractivity contribution in [3.05, 3.63) is 106 Å². The molecule has 0 fully saturated rings. The number of benzene rings is 2. The van der Waals surface area contributed by atoms with Crippen molar-refractivity contribution in [3.63, 3.8) is 0 Å². The average molecular weight is 579 g/mol. The molecule has 0 radical (unpaired) electrons. The van der Waals surface area contributed by atoms with E-state index in [2.05, 4.69) is 24.4 Å². The number of thioether (sulfide) groups is 1. The molecule has 2 amide bonds. The van der Waals surface area contributed by atoms with Crippen molar-refractivity contribution >= 4 is 41.0 Å². The Kier molecular flexibility index (Phi) is 7.93. The Labute approximate surface area is 243 Å². The highest BCUT2D eigenvalue weighted by atomic mass is 35.5. The summed E-state index contributed by atoms with van der Waals surface area (Å²) in [4.78, 5) is 29.0. The number of fused-ring (bicyclic) bond motifs is 1. The first-order valence-electron chi connectivity index (χ1n) is 13.3. The maximum absolute atomic E-state index is 14.2. The second-order valence-electron chi connectivity index (χ2n) is 10.4. The van der Waals surface area contributed by atoms with Gasteiger partial charge < -0.3 is 5.32 Å². The number of amides is 2. The molecule has 1 aromatic heterocycles. The minimum atomic E-state index is -0.581. The highest BCUT2D eigenvalue weighted by molar-refractivity contribution is 8.01. The highest BCUT2D eigenvalue weighted by Gasteiger charge is 2.42. The molecule has 0 saturated carbocycles. The van der Waals surface area contributed by atoms with Crippen LogP contribution in [0.15, 0.2) is 66.8 Å². The molecule has 208 valence electrons. The summed E-state index contributed by atoms with van der Waals surface area (Å²) < 4.78 is 15.9. The number of aromatic nitrogens is 2. The normalized spacial score (nSPS) is 22.2. The van der Waals surface area contributed by atoms with Crippen molar-refractivity contribution in [1.82, 2.24) is 15.1 Å². The maximum Gasteiger partial charge on any atom is 0.251 e. The van der Waals surface area contributed by atoms with Gasteiger partial charge in [0, 0.05) is 29.2 Å². The molecule has 2 aliphatic rings. The van der Waals surface area contributed by atoms with Gasteiger partial charge in [-0.2, -0.15) is 5.10 Å². The Morgan fingerprint density at radius 3 is 2.60 bits per heavy atom. The summed E-state index contributed by atoms with van der Waals surface area (Å²) in [6.07, 6.45) is 8.95. The summed E-state index contributed by atoms with van der Waals surface area (Å²) >= 11 is 7.60. The average Bonchev–Trinajstić information content (AvgIpc) is 3.22. The number of hydrogen-bond donors (Lipinski definition) is 1. The van der Waals surface area contributed by atoms with E-state index in [4.69, 9.17) is 16.7 Å². The number of carbonyl (C=O) groups is 2. The van der Waals surface area contributed by atoms with Crippen LogP contribution >= 0.6 is 23.4 Å². The monoisotopic (exact) mass is 578 g/mol. The molecular weight excluding hydrogens is 547 g/mol. The molecule has 9 heteroatoms. The second kappa shape index (κ2) is 11.3. The number of carbonyl (C=O) groups excluding carboxylic acids is 2.